The van der Waals surface area contributed by atoms with Crippen LogP contribution in [0.3, 0.4) is 0 Å². The summed E-state index contributed by atoms with van der Waals surface area (Å²) >= 11 is 8.79. The molecule has 0 aliphatic rings. The van der Waals surface area contributed by atoms with Gasteiger partial charge in [0.1, 0.15) is 0 Å². The molecule has 0 bridgehead atoms. The maximum Gasteiger partial charge on any atom is 0.0161 e. The van der Waals surface area contributed by atoms with E-state index in [0.717, 1.165) is 4.90 Å². The van der Waals surface area contributed by atoms with E-state index in [-0.39, 0.29) is 9.49 Å². The number of rotatable bonds is 5. The minimum Gasteiger partial charge on any atom is -0.143 e. The highest BCUT2D eigenvalue weighted by molar-refractivity contribution is 8.02. The number of hydrogen-bond donors (Lipinski definition) is 1. The van der Waals surface area contributed by atoms with Crippen LogP contribution in [-0.4, -0.2) is 9.49 Å². The average molecular weight is 471 g/mol. The molecule has 0 amide bonds. The van der Waals surface area contributed by atoms with Gasteiger partial charge in [0.05, 0.1) is 0 Å². The second-order valence-corrected chi connectivity index (χ2v) is 15.5. The van der Waals surface area contributed by atoms with Gasteiger partial charge in [-0.3, -0.25) is 0 Å². The van der Waals surface area contributed by atoms with Gasteiger partial charge in [0.25, 0.3) is 0 Å². The van der Waals surface area contributed by atoms with E-state index >= 15 is 0 Å². The molecule has 4 heteroatoms. The lowest BCUT2D eigenvalue weighted by Gasteiger charge is -2.28. The van der Waals surface area contributed by atoms with Crippen molar-refractivity contribution in [2.24, 2.45) is 0 Å². The monoisotopic (exact) mass is 470 g/mol. The minimum atomic E-state index is -0.732. The summed E-state index contributed by atoms with van der Waals surface area (Å²) in [5.74, 6) is 0. The second-order valence-electron chi connectivity index (χ2n) is 9.19. The van der Waals surface area contributed by atoms with Crippen LogP contribution in [0.25, 0.3) is 0 Å². The van der Waals surface area contributed by atoms with Crippen molar-refractivity contribution in [3.8, 4) is 0 Å². The van der Waals surface area contributed by atoms with E-state index in [1.807, 2.05) is 23.5 Å². The van der Waals surface area contributed by atoms with Crippen LogP contribution in [-0.2, 0) is 0 Å². The number of hydrogen-bond acceptors (Lipinski definition) is 3. The van der Waals surface area contributed by atoms with E-state index in [0.29, 0.717) is 0 Å². The molecule has 0 spiro atoms. The maximum atomic E-state index is 4.88. The Labute approximate surface area is 197 Å². The Morgan fingerprint density at radius 3 is 1.33 bits per heavy atom. The highest BCUT2D eigenvalue weighted by Gasteiger charge is 2.27. The van der Waals surface area contributed by atoms with E-state index in [1.165, 1.54) is 25.7 Å². The standard InChI is InChI=1S/C26H31PS3/c1-25(2,3)29-23-17-11-8-14-20(23)27(19-13-7-10-16-22(19)28)21-15-9-12-18-24(21)30-26(4,5)6/h7-18,28H,1-6H3. The summed E-state index contributed by atoms with van der Waals surface area (Å²) in [5, 5.41) is 4.14. The largest absolute Gasteiger partial charge is 0.143 e. The molecule has 0 saturated carbocycles. The molecule has 3 rings (SSSR count). The summed E-state index contributed by atoms with van der Waals surface area (Å²) < 4.78 is 0.300. The Morgan fingerprint density at radius 2 is 0.933 bits per heavy atom. The lowest BCUT2D eigenvalue weighted by atomic mass is 10.3. The van der Waals surface area contributed by atoms with Crippen LogP contribution in [0.15, 0.2) is 87.5 Å². The third kappa shape index (κ3) is 6.33. The van der Waals surface area contributed by atoms with Crippen LogP contribution in [0.4, 0.5) is 0 Å². The zero-order chi connectivity index (χ0) is 21.9. The smallest absolute Gasteiger partial charge is 0.0161 e. The molecule has 3 aromatic rings. The van der Waals surface area contributed by atoms with Crippen LogP contribution in [0, 0.1) is 0 Å². The average Bonchev–Trinajstić information content (AvgIpc) is 2.63. The van der Waals surface area contributed by atoms with E-state index in [4.69, 9.17) is 12.6 Å². The van der Waals surface area contributed by atoms with Crippen molar-refractivity contribution >= 4 is 60.0 Å². The van der Waals surface area contributed by atoms with Crippen LogP contribution >= 0.6 is 44.1 Å². The lowest BCUT2D eigenvalue weighted by Crippen LogP contribution is -2.26. The zero-order valence-electron chi connectivity index (χ0n) is 18.6. The Bertz CT molecular complexity index is 940. The van der Waals surface area contributed by atoms with Gasteiger partial charge in [-0.15, -0.1) is 36.2 Å². The van der Waals surface area contributed by atoms with Crippen molar-refractivity contribution < 1.29 is 0 Å². The molecular weight excluding hydrogens is 439 g/mol. The first-order chi connectivity index (χ1) is 14.1. The lowest BCUT2D eigenvalue weighted by molar-refractivity contribution is 0.803. The van der Waals surface area contributed by atoms with Crippen molar-refractivity contribution in [2.75, 3.05) is 0 Å². The van der Waals surface area contributed by atoms with Crippen LogP contribution in [0.1, 0.15) is 41.5 Å². The second kappa shape index (κ2) is 9.74. The molecule has 0 heterocycles. The van der Waals surface area contributed by atoms with E-state index < -0.39 is 7.92 Å². The molecule has 0 radical (unpaired) electrons. The summed E-state index contributed by atoms with van der Waals surface area (Å²) in [4.78, 5) is 3.79. The molecule has 0 aromatic heterocycles. The summed E-state index contributed by atoms with van der Waals surface area (Å²) in [5.41, 5.74) is 0. The van der Waals surface area contributed by atoms with Crippen molar-refractivity contribution in [1.29, 1.82) is 0 Å². The predicted octanol–water partition coefficient (Wildman–Crippen LogP) is 7.51. The van der Waals surface area contributed by atoms with E-state index in [9.17, 15) is 0 Å². The number of thioether (sulfide) groups is 2. The molecule has 0 unspecified atom stereocenters. The topological polar surface area (TPSA) is 0 Å². The summed E-state index contributed by atoms with van der Waals surface area (Å²) in [6.45, 7) is 13.7. The molecule has 0 nitrogen and oxygen atoms in total. The summed E-state index contributed by atoms with van der Waals surface area (Å²) in [6, 6.07) is 26.5. The predicted molar refractivity (Wildman–Crippen MR) is 144 cm³/mol. The minimum absolute atomic E-state index is 0.150. The first-order valence-corrected chi connectivity index (χ1v) is 13.6. The third-order valence-corrected chi connectivity index (χ3v) is 10.0. The first kappa shape index (κ1) is 23.8. The Morgan fingerprint density at radius 1 is 0.567 bits per heavy atom. The fourth-order valence-electron chi connectivity index (χ4n) is 3.16. The molecule has 3 aromatic carbocycles. The van der Waals surface area contributed by atoms with Crippen molar-refractivity contribution in [3.05, 3.63) is 72.8 Å². The quantitative estimate of drug-likeness (QED) is 0.233. The Hall–Kier alpha value is -0.860. The fourth-order valence-corrected chi connectivity index (χ4v) is 8.78. The number of benzene rings is 3. The molecular formula is C26H31PS3. The Balaban J connectivity index is 2.25. The molecule has 0 N–H and O–H groups in total. The van der Waals surface area contributed by atoms with Crippen molar-refractivity contribution in [3.63, 3.8) is 0 Å². The van der Waals surface area contributed by atoms with Crippen molar-refractivity contribution in [2.45, 2.75) is 65.7 Å². The van der Waals surface area contributed by atoms with Gasteiger partial charge >= 0.3 is 0 Å². The normalized spacial score (nSPS) is 12.4. The van der Waals surface area contributed by atoms with Crippen molar-refractivity contribution in [1.82, 2.24) is 0 Å². The van der Waals surface area contributed by atoms with Gasteiger partial charge < -0.3 is 0 Å². The van der Waals surface area contributed by atoms with Gasteiger partial charge in [-0.05, 0) is 42.0 Å². The van der Waals surface area contributed by atoms with Gasteiger partial charge in [0.15, 0.2) is 0 Å². The van der Waals surface area contributed by atoms with E-state index in [2.05, 4.69) is 114 Å². The third-order valence-electron chi connectivity index (χ3n) is 4.17. The van der Waals surface area contributed by atoms with Gasteiger partial charge in [0, 0.05) is 24.2 Å². The van der Waals surface area contributed by atoms with Crippen LogP contribution in [0.5, 0.6) is 0 Å². The fraction of sp³-hybridized carbons (Fsp3) is 0.308. The summed E-state index contributed by atoms with van der Waals surface area (Å²) in [7, 11) is -0.732. The molecule has 30 heavy (non-hydrogen) atoms. The van der Waals surface area contributed by atoms with Gasteiger partial charge in [-0.2, -0.15) is 0 Å². The SMILES string of the molecule is CC(C)(C)Sc1ccccc1P(c1ccccc1S)c1ccccc1SC(C)(C)C. The molecule has 0 atom stereocenters. The first-order valence-electron chi connectivity index (χ1n) is 10.2. The molecule has 0 saturated heterocycles. The van der Waals surface area contributed by atoms with Gasteiger partial charge in [-0.25, -0.2) is 0 Å². The van der Waals surface area contributed by atoms with Crippen LogP contribution < -0.4 is 15.9 Å². The molecule has 0 fully saturated rings. The van der Waals surface area contributed by atoms with Crippen LogP contribution in [0.2, 0.25) is 0 Å². The Kier molecular flexibility index (Phi) is 7.72. The highest BCUT2D eigenvalue weighted by Crippen LogP contribution is 2.44. The summed E-state index contributed by atoms with van der Waals surface area (Å²) in [6.07, 6.45) is 0. The molecule has 158 valence electrons. The molecule has 0 aliphatic heterocycles. The van der Waals surface area contributed by atoms with Gasteiger partial charge in [-0.1, -0.05) is 96.1 Å². The highest BCUT2D eigenvalue weighted by atomic mass is 32.2. The maximum absolute atomic E-state index is 4.88. The number of thiol groups is 1. The van der Waals surface area contributed by atoms with Gasteiger partial charge in [0.2, 0.25) is 0 Å². The van der Waals surface area contributed by atoms with E-state index in [1.54, 1.807) is 0 Å². The molecule has 0 aliphatic carbocycles. The zero-order valence-corrected chi connectivity index (χ0v) is 22.1.